The number of carbonyl (C=O) groups excluding carboxylic acids is 1. The maximum atomic E-state index is 11.9. The molecule has 1 aliphatic rings. The number of nitriles is 1. The number of rotatable bonds is 7. The normalized spacial score (nSPS) is 22.4. The highest BCUT2D eigenvalue weighted by molar-refractivity contribution is 5.68. The van der Waals surface area contributed by atoms with Crippen molar-refractivity contribution in [3.8, 4) is 6.07 Å². The maximum absolute atomic E-state index is 11.9. The van der Waals surface area contributed by atoms with E-state index in [1.807, 2.05) is 20.8 Å². The van der Waals surface area contributed by atoms with E-state index < -0.39 is 5.60 Å². The summed E-state index contributed by atoms with van der Waals surface area (Å²) in [5.74, 6) is 0. The SMILES string of the molecule is CO[C@H]1CN(CCCCCC#N)CCC1NC(=O)OC(C)(C)C. The molecule has 0 aromatic carbocycles. The van der Waals surface area contributed by atoms with Crippen molar-refractivity contribution in [1.29, 1.82) is 5.26 Å². The standard InChI is InChI=1S/C17H31N3O3/c1-17(2,3)23-16(21)19-14-9-12-20(13-15(14)22-4)11-8-6-5-7-10-18/h14-15H,5-9,11-13H2,1-4H3,(H,19,21)/t14?,15-/m0/s1. The lowest BCUT2D eigenvalue weighted by Crippen LogP contribution is -2.55. The van der Waals surface area contributed by atoms with E-state index in [0.29, 0.717) is 6.42 Å². The van der Waals surface area contributed by atoms with E-state index in [9.17, 15) is 4.79 Å². The number of carbonyl (C=O) groups is 1. The van der Waals surface area contributed by atoms with Crippen molar-refractivity contribution >= 4 is 6.09 Å². The van der Waals surface area contributed by atoms with Gasteiger partial charge in [0.25, 0.3) is 0 Å². The van der Waals surface area contributed by atoms with Gasteiger partial charge in [-0.1, -0.05) is 6.42 Å². The first-order valence-corrected chi connectivity index (χ1v) is 8.47. The Hall–Kier alpha value is -1.32. The van der Waals surface area contributed by atoms with Crippen molar-refractivity contribution in [2.24, 2.45) is 0 Å². The zero-order valence-electron chi connectivity index (χ0n) is 14.9. The fourth-order valence-corrected chi connectivity index (χ4v) is 2.76. The summed E-state index contributed by atoms with van der Waals surface area (Å²) in [6.07, 6.45) is 4.26. The molecule has 0 aromatic rings. The zero-order valence-corrected chi connectivity index (χ0v) is 14.9. The van der Waals surface area contributed by atoms with Gasteiger partial charge >= 0.3 is 6.09 Å². The fourth-order valence-electron chi connectivity index (χ4n) is 2.76. The Balaban J connectivity index is 2.35. The van der Waals surface area contributed by atoms with Crippen LogP contribution in [0.4, 0.5) is 4.79 Å². The highest BCUT2D eigenvalue weighted by Gasteiger charge is 2.31. The first kappa shape index (κ1) is 19.7. The number of hydrogen-bond donors (Lipinski definition) is 1. The van der Waals surface area contributed by atoms with Crippen LogP contribution in [0.2, 0.25) is 0 Å². The molecule has 1 saturated heterocycles. The first-order chi connectivity index (χ1) is 10.9. The molecule has 0 saturated carbocycles. The lowest BCUT2D eigenvalue weighted by atomic mass is 10.0. The molecule has 1 aliphatic heterocycles. The minimum absolute atomic E-state index is 0.00955. The van der Waals surface area contributed by atoms with Gasteiger partial charge in [0.1, 0.15) is 5.60 Å². The molecule has 0 aliphatic carbocycles. The van der Waals surface area contributed by atoms with Crippen LogP contribution in [-0.4, -0.2) is 55.5 Å². The van der Waals surface area contributed by atoms with E-state index in [1.165, 1.54) is 0 Å². The fraction of sp³-hybridized carbons (Fsp3) is 0.882. The van der Waals surface area contributed by atoms with Gasteiger partial charge in [-0.3, -0.25) is 0 Å². The lowest BCUT2D eigenvalue weighted by Gasteiger charge is -2.38. The molecular formula is C17H31N3O3. The lowest BCUT2D eigenvalue weighted by molar-refractivity contribution is -0.00270. The van der Waals surface area contributed by atoms with Crippen molar-refractivity contribution < 1.29 is 14.3 Å². The summed E-state index contributed by atoms with van der Waals surface area (Å²) in [4.78, 5) is 14.3. The molecule has 1 amide bonds. The largest absolute Gasteiger partial charge is 0.444 e. The summed E-state index contributed by atoms with van der Waals surface area (Å²) in [6.45, 7) is 8.35. The smallest absolute Gasteiger partial charge is 0.407 e. The number of nitrogens with one attached hydrogen (secondary N) is 1. The summed E-state index contributed by atoms with van der Waals surface area (Å²) in [7, 11) is 1.69. The first-order valence-electron chi connectivity index (χ1n) is 8.47. The van der Waals surface area contributed by atoms with Crippen LogP contribution in [0.3, 0.4) is 0 Å². The van der Waals surface area contributed by atoms with Crippen LogP contribution in [0.5, 0.6) is 0 Å². The van der Waals surface area contributed by atoms with Crippen LogP contribution in [0, 0.1) is 11.3 Å². The minimum atomic E-state index is -0.489. The van der Waals surface area contributed by atoms with E-state index in [0.717, 1.165) is 45.3 Å². The van der Waals surface area contributed by atoms with E-state index in [4.69, 9.17) is 14.7 Å². The number of hydrogen-bond acceptors (Lipinski definition) is 5. The Morgan fingerprint density at radius 3 is 2.70 bits per heavy atom. The summed E-state index contributed by atoms with van der Waals surface area (Å²) < 4.78 is 10.9. The third-order valence-corrected chi connectivity index (χ3v) is 3.91. The Kier molecular flexibility index (Phi) is 8.35. The Labute approximate surface area is 140 Å². The number of ether oxygens (including phenoxy) is 2. The van der Waals surface area contributed by atoms with Crippen LogP contribution < -0.4 is 5.32 Å². The second-order valence-electron chi connectivity index (χ2n) is 7.08. The number of methoxy groups -OCH3 is 1. The van der Waals surface area contributed by atoms with Gasteiger partial charge in [0.2, 0.25) is 0 Å². The van der Waals surface area contributed by atoms with Gasteiger partial charge in [0.05, 0.1) is 18.2 Å². The molecule has 0 aromatic heterocycles. The molecule has 1 N–H and O–H groups in total. The highest BCUT2D eigenvalue weighted by atomic mass is 16.6. The molecule has 6 nitrogen and oxygen atoms in total. The topological polar surface area (TPSA) is 74.6 Å². The van der Waals surface area contributed by atoms with Gasteiger partial charge in [-0.05, 0) is 46.6 Å². The number of piperidine rings is 1. The number of alkyl carbamates (subject to hydrolysis) is 1. The predicted molar refractivity (Wildman–Crippen MR) is 89.1 cm³/mol. The second kappa shape index (κ2) is 9.74. The second-order valence-corrected chi connectivity index (χ2v) is 7.08. The van der Waals surface area contributed by atoms with Gasteiger partial charge in [0.15, 0.2) is 0 Å². The molecule has 1 fully saturated rings. The van der Waals surface area contributed by atoms with Crippen LogP contribution >= 0.6 is 0 Å². The maximum Gasteiger partial charge on any atom is 0.407 e. The average Bonchev–Trinajstić information content (AvgIpc) is 2.46. The Morgan fingerprint density at radius 2 is 2.09 bits per heavy atom. The monoisotopic (exact) mass is 325 g/mol. The molecule has 1 unspecified atom stereocenters. The van der Waals surface area contributed by atoms with Crippen molar-refractivity contribution in [2.75, 3.05) is 26.7 Å². The van der Waals surface area contributed by atoms with Crippen molar-refractivity contribution in [2.45, 2.75) is 70.6 Å². The van der Waals surface area contributed by atoms with Gasteiger partial charge in [0, 0.05) is 26.6 Å². The number of unbranched alkanes of at least 4 members (excludes halogenated alkanes) is 3. The quantitative estimate of drug-likeness (QED) is 0.728. The Bertz CT molecular complexity index is 401. The average molecular weight is 325 g/mol. The van der Waals surface area contributed by atoms with E-state index in [1.54, 1.807) is 7.11 Å². The summed E-state index contributed by atoms with van der Waals surface area (Å²) in [5.41, 5.74) is -0.489. The molecular weight excluding hydrogens is 294 g/mol. The van der Waals surface area contributed by atoms with Crippen LogP contribution in [0.25, 0.3) is 0 Å². The van der Waals surface area contributed by atoms with Crippen molar-refractivity contribution in [3.05, 3.63) is 0 Å². The third kappa shape index (κ3) is 8.19. The van der Waals surface area contributed by atoms with Crippen molar-refractivity contribution in [1.82, 2.24) is 10.2 Å². The van der Waals surface area contributed by atoms with E-state index in [-0.39, 0.29) is 18.2 Å². The van der Waals surface area contributed by atoms with Gasteiger partial charge in [-0.2, -0.15) is 5.26 Å². The Morgan fingerprint density at radius 1 is 1.35 bits per heavy atom. The van der Waals surface area contributed by atoms with Gasteiger partial charge in [-0.25, -0.2) is 4.79 Å². The van der Waals surface area contributed by atoms with Crippen LogP contribution in [-0.2, 0) is 9.47 Å². The molecule has 0 spiro atoms. The molecule has 1 rings (SSSR count). The zero-order chi connectivity index (χ0) is 17.3. The molecule has 132 valence electrons. The summed E-state index contributed by atoms with van der Waals surface area (Å²) in [6, 6.07) is 2.17. The van der Waals surface area contributed by atoms with Gasteiger partial charge < -0.3 is 19.7 Å². The van der Waals surface area contributed by atoms with E-state index >= 15 is 0 Å². The number of likely N-dealkylation sites (tertiary alicyclic amines) is 1. The van der Waals surface area contributed by atoms with Crippen LogP contribution in [0.1, 0.15) is 52.9 Å². The highest BCUT2D eigenvalue weighted by Crippen LogP contribution is 2.16. The molecule has 2 atom stereocenters. The van der Waals surface area contributed by atoms with Crippen LogP contribution in [0.15, 0.2) is 0 Å². The predicted octanol–water partition coefficient (Wildman–Crippen LogP) is 2.68. The molecule has 1 heterocycles. The summed E-state index contributed by atoms with van der Waals surface area (Å²) in [5, 5.41) is 11.5. The third-order valence-electron chi connectivity index (χ3n) is 3.91. The van der Waals surface area contributed by atoms with Crippen molar-refractivity contribution in [3.63, 3.8) is 0 Å². The summed E-state index contributed by atoms with van der Waals surface area (Å²) >= 11 is 0. The van der Waals surface area contributed by atoms with E-state index in [2.05, 4.69) is 16.3 Å². The van der Waals surface area contributed by atoms with Gasteiger partial charge in [-0.15, -0.1) is 0 Å². The molecule has 23 heavy (non-hydrogen) atoms. The molecule has 0 radical (unpaired) electrons. The number of amides is 1. The molecule has 6 heteroatoms. The number of nitrogens with zero attached hydrogens (tertiary/aromatic N) is 2. The minimum Gasteiger partial charge on any atom is -0.444 e. The molecule has 0 bridgehead atoms.